The molecule has 5 N–H and O–H groups in total. The van der Waals surface area contributed by atoms with Crippen LogP contribution in [0.4, 0.5) is 4.39 Å². The van der Waals surface area contributed by atoms with Gasteiger partial charge < -0.3 is 26.6 Å². The SMILES string of the molecule is CCC(c1nc2cc(Cl)ccc2c(=O)n1Cc1ccccc1)N(CC1CNC1)C(=O)c1ccc(C)cc1.CCC(c1nc2cc(Cl)ccc2c(=O)n1Cc1ccccc1)N(CCCN)Cc1ccc(Br)cc1.CCC(c1nc2cc(F)ccc2c(=O)n1Cc1ccccc1)N(CCCN)C(=O)c1ccc(C)cc1. The van der Waals surface area contributed by atoms with Crippen LogP contribution in [0.3, 0.4) is 0 Å². The molecule has 13 rings (SSSR count). The number of aromatic nitrogens is 6. The van der Waals surface area contributed by atoms with Crippen molar-refractivity contribution in [2.75, 3.05) is 45.8 Å². The van der Waals surface area contributed by atoms with Gasteiger partial charge in [-0.1, -0.05) is 198 Å². The van der Waals surface area contributed by atoms with E-state index in [1.54, 1.807) is 62.6 Å². The molecule has 0 saturated carbocycles. The highest BCUT2D eigenvalue weighted by molar-refractivity contribution is 9.10. The fourth-order valence-corrected chi connectivity index (χ4v) is 14.4. The van der Waals surface area contributed by atoms with Gasteiger partial charge in [-0.05, 0) is 166 Å². The lowest BCUT2D eigenvalue weighted by Crippen LogP contribution is -2.51. The van der Waals surface area contributed by atoms with Crippen LogP contribution in [0.2, 0.25) is 10.0 Å². The molecule has 3 unspecified atom stereocenters. The molecule has 1 aliphatic heterocycles. The Hall–Kier alpha value is -9.83. The fourth-order valence-electron chi connectivity index (χ4n) is 13.8. The lowest BCUT2D eigenvalue weighted by Gasteiger charge is -2.38. The number of nitrogens with two attached hydrogens (primary N) is 2. The van der Waals surface area contributed by atoms with E-state index in [-0.39, 0.29) is 52.6 Å². The molecule has 1 fully saturated rings. The van der Waals surface area contributed by atoms with Crippen LogP contribution in [-0.4, -0.2) is 101 Å². The highest BCUT2D eigenvalue weighted by atomic mass is 79.9. The lowest BCUT2D eigenvalue weighted by atomic mass is 9.99. The van der Waals surface area contributed by atoms with Crippen molar-refractivity contribution in [2.45, 2.75) is 111 Å². The highest BCUT2D eigenvalue weighted by Crippen LogP contribution is 2.33. The van der Waals surface area contributed by atoms with E-state index in [0.717, 1.165) is 77.1 Å². The van der Waals surface area contributed by atoms with Crippen LogP contribution < -0.4 is 33.5 Å². The summed E-state index contributed by atoms with van der Waals surface area (Å²) >= 11 is 16.1. The van der Waals surface area contributed by atoms with Gasteiger partial charge in [-0.15, -0.1) is 0 Å². The van der Waals surface area contributed by atoms with Gasteiger partial charge in [-0.2, -0.15) is 0 Å². The van der Waals surface area contributed by atoms with Crippen LogP contribution in [0, 0.1) is 25.6 Å². The Kier molecular flexibility index (Phi) is 27.7. The maximum absolute atomic E-state index is 14.1. The smallest absolute Gasteiger partial charge is 0.261 e. The molecule has 558 valence electrons. The standard InChI is InChI=1S/C30H31ClN4O2.C29H31FN4O2.C28H30BrClN4O/c1-3-27(34(19-22-16-32-17-22)29(36)23-11-9-20(2)10-12-23)28-33-26-15-24(31)13-14-25(26)30(37)35(28)18-21-7-5-4-6-8-21;1-3-26(33(17-7-16-31)28(35)22-12-10-20(2)11-13-22)27-32-25-18-23(30)14-15-24(25)29(36)34(27)19-21-8-5-4-6-9-21;1-2-26(33(16-6-15-31)18-21-9-11-22(29)12-10-21)27-32-25-17-23(30)13-14-24(25)28(35)34(27)19-20-7-4-3-5-8-20/h4-15,22,27,32H,3,16-19H2,1-2H3;4-6,8-15,18,26H,3,7,16-17,19,31H2,1-2H3;3-5,7-14,17,26H,2,6,15-16,18-19,31H2,1H3. The summed E-state index contributed by atoms with van der Waals surface area (Å²) in [5, 5.41) is 5.82. The summed E-state index contributed by atoms with van der Waals surface area (Å²) in [4.78, 5) is 89.8. The van der Waals surface area contributed by atoms with Gasteiger partial charge in [0.2, 0.25) is 0 Å². The molecule has 21 heteroatoms. The van der Waals surface area contributed by atoms with E-state index in [2.05, 4.69) is 57.3 Å². The molecule has 3 atom stereocenters. The molecule has 0 spiro atoms. The first-order valence-corrected chi connectivity index (χ1v) is 38.5. The number of fused-ring (bicyclic) bond motifs is 3. The van der Waals surface area contributed by atoms with Gasteiger partial charge in [0.15, 0.2) is 0 Å². The molecule has 12 aromatic rings. The predicted molar refractivity (Wildman–Crippen MR) is 436 cm³/mol. The minimum absolute atomic E-state index is 0.0496. The molecule has 0 radical (unpaired) electrons. The Morgan fingerprint density at radius 1 is 0.500 bits per heavy atom. The fraction of sp³-hybridized carbons (Fsp3) is 0.287. The second-order valence-corrected chi connectivity index (χ2v) is 29.2. The van der Waals surface area contributed by atoms with Gasteiger partial charge in [-0.25, -0.2) is 19.3 Å². The largest absolute Gasteiger partial charge is 0.330 e. The molecule has 2 amide bonds. The van der Waals surface area contributed by atoms with Gasteiger partial charge in [0.25, 0.3) is 28.5 Å². The molecule has 4 heterocycles. The third-order valence-electron chi connectivity index (χ3n) is 19.6. The second-order valence-electron chi connectivity index (χ2n) is 27.4. The zero-order valence-corrected chi connectivity index (χ0v) is 64.7. The summed E-state index contributed by atoms with van der Waals surface area (Å²) in [7, 11) is 0. The van der Waals surface area contributed by atoms with Gasteiger partial charge >= 0.3 is 0 Å². The van der Waals surface area contributed by atoms with E-state index in [9.17, 15) is 28.4 Å². The molecule has 1 aliphatic rings. The van der Waals surface area contributed by atoms with Crippen molar-refractivity contribution in [2.24, 2.45) is 17.4 Å². The Morgan fingerprint density at radius 2 is 0.889 bits per heavy atom. The first kappa shape index (κ1) is 79.2. The van der Waals surface area contributed by atoms with Crippen molar-refractivity contribution in [3.8, 4) is 0 Å². The Balaban J connectivity index is 0.000000161. The first-order valence-electron chi connectivity index (χ1n) is 36.9. The van der Waals surface area contributed by atoms with Gasteiger partial charge in [0.05, 0.1) is 70.5 Å². The average molecular weight is 1560 g/mol. The van der Waals surface area contributed by atoms with Crippen LogP contribution in [0.1, 0.15) is 143 Å². The third kappa shape index (κ3) is 19.5. The maximum atomic E-state index is 14.1. The summed E-state index contributed by atoms with van der Waals surface area (Å²) in [6, 6.07) is 66.5. The summed E-state index contributed by atoms with van der Waals surface area (Å²) in [5.41, 5.74) is 20.2. The summed E-state index contributed by atoms with van der Waals surface area (Å²) in [6.07, 6.45) is 3.39. The number of benzene rings is 9. The van der Waals surface area contributed by atoms with E-state index in [0.29, 0.717) is 124 Å². The van der Waals surface area contributed by atoms with Crippen molar-refractivity contribution in [3.63, 3.8) is 0 Å². The third-order valence-corrected chi connectivity index (χ3v) is 20.6. The highest BCUT2D eigenvalue weighted by Gasteiger charge is 2.34. The van der Waals surface area contributed by atoms with Crippen LogP contribution in [0.15, 0.2) is 237 Å². The molecule has 108 heavy (non-hydrogen) atoms. The summed E-state index contributed by atoms with van der Waals surface area (Å²) in [5.74, 6) is 1.45. The van der Waals surface area contributed by atoms with Crippen molar-refractivity contribution in [3.05, 3.63) is 332 Å². The molecule has 0 bridgehead atoms. The molecular formula is C87H92BrCl2FN12O5. The first-order chi connectivity index (χ1) is 52.4. The average Bonchev–Trinajstić information content (AvgIpc) is 0.775. The van der Waals surface area contributed by atoms with Crippen molar-refractivity contribution >= 4 is 83.7 Å². The lowest BCUT2D eigenvalue weighted by molar-refractivity contribution is 0.0588. The predicted octanol–water partition coefficient (Wildman–Crippen LogP) is 16.2. The molecule has 1 saturated heterocycles. The molecular weight excluding hydrogens is 1460 g/mol. The van der Waals surface area contributed by atoms with E-state index in [4.69, 9.17) is 49.6 Å². The number of rotatable bonds is 27. The topological polar surface area (TPSA) is 213 Å². The van der Waals surface area contributed by atoms with E-state index < -0.39 is 11.9 Å². The number of nitrogens with one attached hydrogen (secondary N) is 1. The number of hydrogen-bond acceptors (Lipinski definition) is 12. The van der Waals surface area contributed by atoms with E-state index in [1.165, 1.54) is 23.8 Å². The minimum Gasteiger partial charge on any atom is -0.330 e. The Bertz CT molecular complexity index is 5230. The molecule has 3 aromatic heterocycles. The molecule has 9 aromatic carbocycles. The minimum atomic E-state index is -0.505. The monoisotopic (exact) mass is 1550 g/mol. The summed E-state index contributed by atoms with van der Waals surface area (Å²) < 4.78 is 20.3. The Labute approximate surface area is 648 Å². The quantitative estimate of drug-likeness (QED) is 0.0439. The van der Waals surface area contributed by atoms with Crippen molar-refractivity contribution in [1.82, 2.24) is 48.7 Å². The number of hydrogen-bond donors (Lipinski definition) is 3. The normalized spacial score (nSPS) is 12.9. The van der Waals surface area contributed by atoms with Crippen molar-refractivity contribution in [1.29, 1.82) is 0 Å². The van der Waals surface area contributed by atoms with Crippen molar-refractivity contribution < 1.29 is 14.0 Å². The zero-order valence-electron chi connectivity index (χ0n) is 61.6. The number of amides is 2. The van der Waals surface area contributed by atoms with Crippen LogP contribution in [0.25, 0.3) is 32.7 Å². The molecule has 0 aliphatic carbocycles. The van der Waals surface area contributed by atoms with Crippen LogP contribution in [-0.2, 0) is 26.2 Å². The number of carbonyl (C=O) groups excluding carboxylic acids is 2. The van der Waals surface area contributed by atoms with E-state index in [1.807, 2.05) is 165 Å². The van der Waals surface area contributed by atoms with Gasteiger partial charge in [0, 0.05) is 76.9 Å². The van der Waals surface area contributed by atoms with Gasteiger partial charge in [0.1, 0.15) is 23.3 Å². The number of halogens is 4. The van der Waals surface area contributed by atoms with E-state index >= 15 is 0 Å². The zero-order chi connectivity index (χ0) is 76.4. The molecule has 17 nitrogen and oxygen atoms in total. The second kappa shape index (κ2) is 37.8. The van der Waals surface area contributed by atoms with Gasteiger partial charge in [-0.3, -0.25) is 42.6 Å². The summed E-state index contributed by atoms with van der Waals surface area (Å²) in [6.45, 7) is 16.5. The maximum Gasteiger partial charge on any atom is 0.261 e. The number of carbonyl (C=O) groups is 2. The number of nitrogens with zero attached hydrogens (tertiary/aromatic N) is 9. The van der Waals surface area contributed by atoms with Crippen LogP contribution in [0.5, 0.6) is 0 Å². The number of aryl methyl sites for hydroxylation is 2. The van der Waals surface area contributed by atoms with Crippen LogP contribution >= 0.6 is 39.1 Å². The Morgan fingerprint density at radius 3 is 1.30 bits per heavy atom.